The number of nitrogens with zero attached hydrogens (tertiary/aromatic N) is 5. The number of H-pyrrole nitrogens is 1. The van der Waals surface area contributed by atoms with Gasteiger partial charge in [0.2, 0.25) is 5.91 Å². The smallest absolute Gasteiger partial charge is 0.246 e. The molecule has 2 N–H and O–H groups in total. The van der Waals surface area contributed by atoms with E-state index in [2.05, 4.69) is 20.3 Å². The van der Waals surface area contributed by atoms with Gasteiger partial charge in [0.25, 0.3) is 0 Å². The molecule has 1 saturated heterocycles. The maximum Gasteiger partial charge on any atom is 0.246 e. The predicted octanol–water partition coefficient (Wildman–Crippen LogP) is 3.37. The summed E-state index contributed by atoms with van der Waals surface area (Å²) >= 11 is 5.93. The van der Waals surface area contributed by atoms with Gasteiger partial charge in [-0.1, -0.05) is 17.7 Å². The minimum atomic E-state index is 0.0417. The van der Waals surface area contributed by atoms with E-state index in [0.717, 1.165) is 36.5 Å². The number of aromatic amines is 1. The molecule has 0 bridgehead atoms. The summed E-state index contributed by atoms with van der Waals surface area (Å²) in [7, 11) is 3.95. The molecule has 182 valence electrons. The number of nitrogens with one attached hydrogen (secondary N) is 2. The number of carbonyl (C=O) groups excluding carboxylic acids is 1. The first-order valence-corrected chi connectivity index (χ1v) is 12.0. The van der Waals surface area contributed by atoms with E-state index in [1.54, 1.807) is 6.08 Å². The Hall–Kier alpha value is -3.43. The molecular weight excluding hydrogens is 466 g/mol. The molecule has 1 aliphatic heterocycles. The number of amides is 1. The first kappa shape index (κ1) is 23.3. The van der Waals surface area contributed by atoms with Crippen molar-refractivity contribution in [2.45, 2.75) is 18.9 Å². The van der Waals surface area contributed by atoms with Gasteiger partial charge in [-0.3, -0.25) is 4.79 Å². The summed E-state index contributed by atoms with van der Waals surface area (Å²) in [5.74, 6) is 2.31. The van der Waals surface area contributed by atoms with E-state index < -0.39 is 0 Å². The van der Waals surface area contributed by atoms with Gasteiger partial charge in [0, 0.05) is 48.8 Å². The molecule has 2 aromatic heterocycles. The lowest BCUT2D eigenvalue weighted by Gasteiger charge is -2.16. The number of halogens is 1. The number of rotatable bonds is 9. The van der Waals surface area contributed by atoms with Crippen molar-refractivity contribution in [2.75, 3.05) is 45.7 Å². The van der Waals surface area contributed by atoms with Crippen molar-refractivity contribution in [3.63, 3.8) is 0 Å². The van der Waals surface area contributed by atoms with E-state index in [1.165, 1.54) is 11.9 Å². The SMILES string of the molecule is CN(C)C/C=C/C(=O)N1CCC(Nc2ncnc3[nH]c(C4=C(COc5ccc(Cl)cc5)C4)nc23)C1. The van der Waals surface area contributed by atoms with E-state index in [0.29, 0.717) is 41.7 Å². The molecule has 5 rings (SSSR count). The van der Waals surface area contributed by atoms with Gasteiger partial charge in [0.1, 0.15) is 24.5 Å². The van der Waals surface area contributed by atoms with Crippen LogP contribution in [0.1, 0.15) is 18.7 Å². The van der Waals surface area contributed by atoms with Crippen molar-refractivity contribution < 1.29 is 9.53 Å². The Kier molecular flexibility index (Phi) is 6.70. The zero-order chi connectivity index (χ0) is 24.4. The topological polar surface area (TPSA) is 99.3 Å². The maximum absolute atomic E-state index is 12.4. The van der Waals surface area contributed by atoms with Crippen LogP contribution in [0.5, 0.6) is 5.75 Å². The molecular formula is C25H28ClN7O2. The Balaban J connectivity index is 1.22. The second-order valence-electron chi connectivity index (χ2n) is 9.09. The highest BCUT2D eigenvalue weighted by atomic mass is 35.5. The normalized spacial score (nSPS) is 17.7. The van der Waals surface area contributed by atoms with Gasteiger partial charge in [0.05, 0.1) is 0 Å². The van der Waals surface area contributed by atoms with Crippen molar-refractivity contribution in [1.29, 1.82) is 0 Å². The standard InChI is InChI=1S/C25H28ClN7O2/c1-32(2)10-3-4-21(34)33-11-9-18(13-33)29-24-22-25(28-15-27-24)31-23(30-22)20-12-16(20)14-35-19-7-5-17(26)6-8-19/h3-8,15,18H,9-14H2,1-2H3,(H2,27,28,29,30,31)/b4-3+. The molecule has 1 unspecified atom stereocenters. The molecule has 0 radical (unpaired) electrons. The number of imidazole rings is 1. The average molecular weight is 494 g/mol. The van der Waals surface area contributed by atoms with Gasteiger partial charge in [-0.05, 0) is 50.4 Å². The van der Waals surface area contributed by atoms with Gasteiger partial charge in [0.15, 0.2) is 17.0 Å². The van der Waals surface area contributed by atoms with Crippen LogP contribution in [-0.2, 0) is 4.79 Å². The Morgan fingerprint density at radius 3 is 2.94 bits per heavy atom. The van der Waals surface area contributed by atoms with Crippen molar-refractivity contribution in [2.24, 2.45) is 0 Å². The molecule has 1 amide bonds. The first-order chi connectivity index (χ1) is 17.0. The van der Waals surface area contributed by atoms with Gasteiger partial charge in [-0.2, -0.15) is 0 Å². The van der Waals surface area contributed by atoms with Crippen molar-refractivity contribution in [3.8, 4) is 5.75 Å². The fraction of sp³-hybridized carbons (Fsp3) is 0.360. The highest BCUT2D eigenvalue weighted by molar-refractivity contribution is 6.30. The first-order valence-electron chi connectivity index (χ1n) is 11.6. The molecule has 35 heavy (non-hydrogen) atoms. The lowest BCUT2D eigenvalue weighted by Crippen LogP contribution is -2.30. The zero-order valence-electron chi connectivity index (χ0n) is 19.8. The van der Waals surface area contributed by atoms with Gasteiger partial charge < -0.3 is 24.8 Å². The minimum absolute atomic E-state index is 0.0417. The largest absolute Gasteiger partial charge is 0.489 e. The molecule has 2 aliphatic rings. The second kappa shape index (κ2) is 10.1. The number of ether oxygens (including phenoxy) is 1. The highest BCUT2D eigenvalue weighted by Crippen LogP contribution is 2.39. The van der Waals surface area contributed by atoms with Crippen LogP contribution in [0.3, 0.4) is 0 Å². The third-order valence-corrected chi connectivity index (χ3v) is 6.31. The number of hydrogen-bond donors (Lipinski definition) is 2. The quantitative estimate of drug-likeness (QED) is 0.441. The molecule has 3 aromatic rings. The minimum Gasteiger partial charge on any atom is -0.489 e. The Morgan fingerprint density at radius 2 is 2.14 bits per heavy atom. The van der Waals surface area contributed by atoms with Crippen LogP contribution in [0.25, 0.3) is 16.7 Å². The molecule has 0 saturated carbocycles. The average Bonchev–Trinajstić information content (AvgIpc) is 3.23. The molecule has 1 atom stereocenters. The summed E-state index contributed by atoms with van der Waals surface area (Å²) in [5.41, 5.74) is 3.74. The summed E-state index contributed by atoms with van der Waals surface area (Å²) in [4.78, 5) is 33.2. The molecule has 3 heterocycles. The molecule has 10 heteroatoms. The number of aromatic nitrogens is 4. The lowest BCUT2D eigenvalue weighted by atomic mass is 10.2. The molecule has 9 nitrogen and oxygen atoms in total. The fourth-order valence-corrected chi connectivity index (χ4v) is 4.20. The Bertz CT molecular complexity index is 1280. The molecule has 1 aliphatic carbocycles. The van der Waals surface area contributed by atoms with Crippen LogP contribution in [0.15, 0.2) is 48.3 Å². The van der Waals surface area contributed by atoms with Crippen LogP contribution in [0.4, 0.5) is 5.82 Å². The number of fused-ring (bicyclic) bond motifs is 1. The number of anilines is 1. The highest BCUT2D eigenvalue weighted by Gasteiger charge is 2.29. The van der Waals surface area contributed by atoms with Crippen LogP contribution < -0.4 is 10.1 Å². The third-order valence-electron chi connectivity index (χ3n) is 6.06. The second-order valence-corrected chi connectivity index (χ2v) is 9.52. The van der Waals surface area contributed by atoms with E-state index in [9.17, 15) is 4.79 Å². The number of carbonyl (C=O) groups is 1. The van der Waals surface area contributed by atoms with Crippen molar-refractivity contribution in [3.05, 3.63) is 59.2 Å². The Morgan fingerprint density at radius 1 is 1.31 bits per heavy atom. The number of allylic oxidation sites excluding steroid dienone is 1. The molecule has 1 aromatic carbocycles. The summed E-state index contributed by atoms with van der Waals surface area (Å²) < 4.78 is 5.85. The van der Waals surface area contributed by atoms with Crippen LogP contribution in [-0.4, -0.2) is 82.0 Å². The lowest BCUT2D eigenvalue weighted by molar-refractivity contribution is -0.125. The maximum atomic E-state index is 12.4. The number of likely N-dealkylation sites (tertiary alicyclic amines) is 1. The van der Waals surface area contributed by atoms with Gasteiger partial charge in [-0.25, -0.2) is 15.0 Å². The molecule has 1 fully saturated rings. The summed E-state index contributed by atoms with van der Waals surface area (Å²) in [6.45, 7) is 2.60. The summed E-state index contributed by atoms with van der Waals surface area (Å²) in [5, 5.41) is 4.15. The van der Waals surface area contributed by atoms with Crippen LogP contribution in [0.2, 0.25) is 5.02 Å². The molecule has 0 spiro atoms. The summed E-state index contributed by atoms with van der Waals surface area (Å²) in [6, 6.07) is 7.46. The summed E-state index contributed by atoms with van der Waals surface area (Å²) in [6.07, 6.45) is 6.78. The van der Waals surface area contributed by atoms with E-state index >= 15 is 0 Å². The Labute approximate surface area is 208 Å². The predicted molar refractivity (Wildman–Crippen MR) is 136 cm³/mol. The van der Waals surface area contributed by atoms with E-state index in [1.807, 2.05) is 54.2 Å². The third kappa shape index (κ3) is 5.63. The van der Waals surface area contributed by atoms with Crippen molar-refractivity contribution >= 4 is 40.1 Å². The van der Waals surface area contributed by atoms with Gasteiger partial charge in [-0.15, -0.1) is 0 Å². The van der Waals surface area contributed by atoms with Crippen LogP contribution in [0, 0.1) is 0 Å². The number of benzene rings is 1. The number of hydrogen-bond acceptors (Lipinski definition) is 7. The van der Waals surface area contributed by atoms with E-state index in [4.69, 9.17) is 21.3 Å². The fourth-order valence-electron chi connectivity index (χ4n) is 4.08. The van der Waals surface area contributed by atoms with Crippen LogP contribution >= 0.6 is 11.6 Å². The van der Waals surface area contributed by atoms with Gasteiger partial charge >= 0.3 is 0 Å². The van der Waals surface area contributed by atoms with Crippen molar-refractivity contribution in [1.82, 2.24) is 29.7 Å². The van der Waals surface area contributed by atoms with E-state index in [-0.39, 0.29) is 11.9 Å². The number of likely N-dealkylation sites (N-methyl/N-ethyl adjacent to an activating group) is 1. The monoisotopic (exact) mass is 493 g/mol. The zero-order valence-corrected chi connectivity index (χ0v) is 20.5.